The predicted molar refractivity (Wildman–Crippen MR) is 98.6 cm³/mol. The van der Waals surface area contributed by atoms with Crippen molar-refractivity contribution in [3.05, 3.63) is 17.0 Å². The number of nitrogens with one attached hydrogen (secondary N) is 1. The summed E-state index contributed by atoms with van der Waals surface area (Å²) < 4.78 is 5.16. The molecule has 0 bridgehead atoms. The molecule has 144 valence electrons. The second-order valence-electron chi connectivity index (χ2n) is 7.94. The van der Waals surface area contributed by atoms with Gasteiger partial charge in [0.1, 0.15) is 5.76 Å². The minimum Gasteiger partial charge on any atom is -0.361 e. The van der Waals surface area contributed by atoms with Crippen molar-refractivity contribution in [1.29, 1.82) is 0 Å². The lowest BCUT2D eigenvalue weighted by atomic mass is 9.74. The van der Waals surface area contributed by atoms with Gasteiger partial charge >= 0.3 is 0 Å². The van der Waals surface area contributed by atoms with Crippen LogP contribution in [0.15, 0.2) is 4.52 Å². The molecule has 0 aromatic carbocycles. The second-order valence-corrected chi connectivity index (χ2v) is 7.94. The molecule has 26 heavy (non-hydrogen) atoms. The zero-order valence-corrected chi connectivity index (χ0v) is 16.3. The largest absolute Gasteiger partial charge is 0.361 e. The molecular formula is C20H31N3O3. The number of hydrogen-bond acceptors (Lipinski definition) is 4. The van der Waals surface area contributed by atoms with Gasteiger partial charge in [-0.1, -0.05) is 18.5 Å². The first kappa shape index (κ1) is 18.9. The highest BCUT2D eigenvalue weighted by molar-refractivity contribution is 5.78. The summed E-state index contributed by atoms with van der Waals surface area (Å²) in [6, 6.07) is 0.298. The van der Waals surface area contributed by atoms with Crippen molar-refractivity contribution in [3.8, 4) is 0 Å². The van der Waals surface area contributed by atoms with E-state index in [1.165, 1.54) is 0 Å². The number of nitrogens with zero attached hydrogens (tertiary/aromatic N) is 2. The highest BCUT2D eigenvalue weighted by Crippen LogP contribution is 2.47. The highest BCUT2D eigenvalue weighted by atomic mass is 16.5. The lowest BCUT2D eigenvalue weighted by Crippen LogP contribution is -2.56. The van der Waals surface area contributed by atoms with Crippen molar-refractivity contribution in [1.82, 2.24) is 15.4 Å². The normalized spacial score (nSPS) is 25.4. The quantitative estimate of drug-likeness (QED) is 0.810. The maximum absolute atomic E-state index is 12.4. The van der Waals surface area contributed by atoms with Crippen LogP contribution in [0.3, 0.4) is 0 Å². The average Bonchev–Trinajstić information content (AvgIpc) is 3.18. The molecule has 1 aliphatic carbocycles. The van der Waals surface area contributed by atoms with Gasteiger partial charge in [-0.05, 0) is 46.0 Å². The molecular weight excluding hydrogens is 330 g/mol. The van der Waals surface area contributed by atoms with Crippen LogP contribution in [0.1, 0.15) is 68.9 Å². The van der Waals surface area contributed by atoms with Gasteiger partial charge in [0.25, 0.3) is 0 Å². The molecule has 0 radical (unpaired) electrons. The summed E-state index contributed by atoms with van der Waals surface area (Å²) in [6.45, 7) is 7.44. The second kappa shape index (κ2) is 7.80. The summed E-state index contributed by atoms with van der Waals surface area (Å²) in [4.78, 5) is 26.8. The van der Waals surface area contributed by atoms with Gasteiger partial charge in [-0.2, -0.15) is 0 Å². The number of rotatable bonds is 7. The lowest BCUT2D eigenvalue weighted by molar-refractivity contribution is -0.142. The van der Waals surface area contributed by atoms with Crippen molar-refractivity contribution >= 4 is 11.8 Å². The molecule has 1 aromatic heterocycles. The van der Waals surface area contributed by atoms with Crippen LogP contribution in [0.4, 0.5) is 0 Å². The van der Waals surface area contributed by atoms with Crippen LogP contribution in [0.2, 0.25) is 0 Å². The molecule has 1 aliphatic heterocycles. The Morgan fingerprint density at radius 3 is 2.88 bits per heavy atom. The molecule has 2 aliphatic rings. The Hall–Kier alpha value is -1.85. The standard InChI is InChI=1S/C20H31N3O3/c1-4-12-23-17-6-5-10-20(17,11-9-19(23)25)13-21-18(24)8-7-16-14(2)22-26-15(16)3/h17H,4-13H2,1-3H3,(H,21,24)/t17-,20+/m1/s1. The fraction of sp³-hybridized carbons (Fsp3) is 0.750. The van der Waals surface area contributed by atoms with Gasteiger partial charge in [0.15, 0.2) is 0 Å². The number of carbonyl (C=O) groups excluding carboxylic acids is 2. The molecule has 2 amide bonds. The van der Waals surface area contributed by atoms with Crippen LogP contribution in [0, 0.1) is 19.3 Å². The minimum absolute atomic E-state index is 0.0712. The molecule has 0 spiro atoms. The number of carbonyl (C=O) groups is 2. The van der Waals surface area contributed by atoms with Crippen LogP contribution in [0.25, 0.3) is 0 Å². The molecule has 2 fully saturated rings. The summed E-state index contributed by atoms with van der Waals surface area (Å²) in [7, 11) is 0. The lowest BCUT2D eigenvalue weighted by Gasteiger charge is -2.46. The highest BCUT2D eigenvalue weighted by Gasteiger charge is 2.49. The van der Waals surface area contributed by atoms with Crippen molar-refractivity contribution in [2.24, 2.45) is 5.41 Å². The third-order valence-corrected chi connectivity index (χ3v) is 6.28. The molecule has 1 saturated heterocycles. The smallest absolute Gasteiger partial charge is 0.222 e. The number of hydrogen-bond donors (Lipinski definition) is 1. The van der Waals surface area contributed by atoms with E-state index < -0.39 is 0 Å². The monoisotopic (exact) mass is 361 g/mol. The van der Waals surface area contributed by atoms with E-state index in [1.54, 1.807) is 0 Å². The Morgan fingerprint density at radius 1 is 1.38 bits per heavy atom. The van der Waals surface area contributed by atoms with E-state index in [9.17, 15) is 9.59 Å². The Balaban J connectivity index is 1.57. The number of aryl methyl sites for hydroxylation is 2. The molecule has 2 heterocycles. The molecule has 2 atom stereocenters. The van der Waals surface area contributed by atoms with E-state index in [0.29, 0.717) is 37.8 Å². The number of fused-ring (bicyclic) bond motifs is 1. The van der Waals surface area contributed by atoms with Gasteiger partial charge in [-0.3, -0.25) is 9.59 Å². The number of amides is 2. The van der Waals surface area contributed by atoms with Gasteiger partial charge in [0.05, 0.1) is 5.69 Å². The van der Waals surface area contributed by atoms with Crippen molar-refractivity contribution < 1.29 is 14.1 Å². The molecule has 1 saturated carbocycles. The number of piperidine rings is 1. The summed E-state index contributed by atoms with van der Waals surface area (Å²) in [5.41, 5.74) is 1.97. The Bertz CT molecular complexity index is 650. The maximum Gasteiger partial charge on any atom is 0.222 e. The first-order valence-corrected chi connectivity index (χ1v) is 9.95. The number of aromatic nitrogens is 1. The Kier molecular flexibility index (Phi) is 5.68. The third kappa shape index (κ3) is 3.64. The molecule has 1 N–H and O–H groups in total. The van der Waals surface area contributed by atoms with Crippen molar-refractivity contribution in [3.63, 3.8) is 0 Å². The Labute approximate surface area is 155 Å². The van der Waals surface area contributed by atoms with Crippen LogP contribution in [-0.2, 0) is 16.0 Å². The zero-order valence-electron chi connectivity index (χ0n) is 16.3. The first-order chi connectivity index (χ1) is 12.5. The summed E-state index contributed by atoms with van der Waals surface area (Å²) in [5, 5.41) is 7.11. The molecule has 0 unspecified atom stereocenters. The topological polar surface area (TPSA) is 75.4 Å². The van der Waals surface area contributed by atoms with Crippen LogP contribution < -0.4 is 5.32 Å². The third-order valence-electron chi connectivity index (χ3n) is 6.28. The number of likely N-dealkylation sites (tertiary alicyclic amines) is 1. The van der Waals surface area contributed by atoms with E-state index in [-0.39, 0.29) is 11.3 Å². The van der Waals surface area contributed by atoms with Crippen molar-refractivity contribution in [2.75, 3.05) is 13.1 Å². The minimum atomic E-state index is 0.0712. The molecule has 6 nitrogen and oxygen atoms in total. The molecule has 3 rings (SSSR count). The van der Waals surface area contributed by atoms with E-state index in [0.717, 1.165) is 55.7 Å². The van der Waals surface area contributed by atoms with Gasteiger partial charge in [-0.25, -0.2) is 0 Å². The van der Waals surface area contributed by atoms with Gasteiger partial charge in [0, 0.05) is 43.0 Å². The van der Waals surface area contributed by atoms with E-state index in [1.807, 2.05) is 13.8 Å². The molecule has 1 aromatic rings. The van der Waals surface area contributed by atoms with Gasteiger partial charge in [-0.15, -0.1) is 0 Å². The summed E-state index contributed by atoms with van der Waals surface area (Å²) >= 11 is 0. The van der Waals surface area contributed by atoms with Crippen LogP contribution in [-0.4, -0.2) is 41.0 Å². The van der Waals surface area contributed by atoms with Crippen LogP contribution in [0.5, 0.6) is 0 Å². The van der Waals surface area contributed by atoms with Gasteiger partial charge in [0.2, 0.25) is 11.8 Å². The fourth-order valence-electron chi connectivity index (χ4n) is 4.85. The SMILES string of the molecule is CCCN1C(=O)CC[C@]2(CNC(=O)CCc3c(C)noc3C)CCC[C@@H]12. The van der Waals surface area contributed by atoms with Gasteiger partial charge < -0.3 is 14.7 Å². The molecule has 6 heteroatoms. The van der Waals surface area contributed by atoms with Crippen molar-refractivity contribution in [2.45, 2.75) is 78.2 Å². The van der Waals surface area contributed by atoms with E-state index in [2.05, 4.69) is 22.3 Å². The predicted octanol–water partition coefficient (Wildman–Crippen LogP) is 2.91. The first-order valence-electron chi connectivity index (χ1n) is 9.95. The van der Waals surface area contributed by atoms with E-state index in [4.69, 9.17) is 4.52 Å². The Morgan fingerprint density at radius 2 is 2.19 bits per heavy atom. The summed E-state index contributed by atoms with van der Waals surface area (Å²) in [5.74, 6) is 1.16. The van der Waals surface area contributed by atoms with E-state index >= 15 is 0 Å². The zero-order chi connectivity index (χ0) is 18.7. The maximum atomic E-state index is 12.4. The fourth-order valence-corrected chi connectivity index (χ4v) is 4.85. The average molecular weight is 361 g/mol. The summed E-state index contributed by atoms with van der Waals surface area (Å²) in [6.07, 6.45) is 6.93. The van der Waals surface area contributed by atoms with Crippen LogP contribution >= 0.6 is 0 Å².